The highest BCUT2D eigenvalue weighted by Gasteiger charge is 2.32. The molecule has 0 aliphatic carbocycles. The Labute approximate surface area is 128 Å². The summed E-state index contributed by atoms with van der Waals surface area (Å²) < 4.78 is 10.9. The molecule has 2 fully saturated rings. The first kappa shape index (κ1) is 14.7. The summed E-state index contributed by atoms with van der Waals surface area (Å²) in [7, 11) is 3.42. The summed E-state index contributed by atoms with van der Waals surface area (Å²) in [5.41, 5.74) is 1.42. The largest absolute Gasteiger partial charge is 0.493 e. The van der Waals surface area contributed by atoms with Crippen molar-refractivity contribution >= 4 is 0 Å². The molecule has 0 amide bonds. The minimum absolute atomic E-state index is 0.646. The molecule has 0 spiro atoms. The molecule has 2 saturated heterocycles. The van der Waals surface area contributed by atoms with Crippen molar-refractivity contribution < 1.29 is 9.47 Å². The number of hydrogen-bond acceptors (Lipinski definition) is 3. The van der Waals surface area contributed by atoms with Crippen LogP contribution in [0.25, 0.3) is 0 Å². The van der Waals surface area contributed by atoms with Crippen molar-refractivity contribution in [2.75, 3.05) is 27.3 Å². The summed E-state index contributed by atoms with van der Waals surface area (Å²) in [5, 5.41) is 0. The highest BCUT2D eigenvalue weighted by Crippen LogP contribution is 2.39. The molecule has 21 heavy (non-hydrogen) atoms. The molecular formula is C18H27NO2. The number of piperidine rings is 1. The van der Waals surface area contributed by atoms with Crippen molar-refractivity contribution in [3.05, 3.63) is 23.8 Å². The molecule has 2 heterocycles. The summed E-state index contributed by atoms with van der Waals surface area (Å²) >= 11 is 0. The Bertz CT molecular complexity index is 474. The average Bonchev–Trinajstić information content (AvgIpc) is 2.76. The van der Waals surface area contributed by atoms with Gasteiger partial charge in [-0.1, -0.05) is 18.9 Å². The fourth-order valence-corrected chi connectivity index (χ4v) is 4.09. The van der Waals surface area contributed by atoms with Gasteiger partial charge in [-0.2, -0.15) is 0 Å². The van der Waals surface area contributed by atoms with Gasteiger partial charge in [0.2, 0.25) is 0 Å². The van der Waals surface area contributed by atoms with Crippen molar-refractivity contribution in [2.24, 2.45) is 0 Å². The van der Waals surface area contributed by atoms with E-state index in [0.717, 1.165) is 17.5 Å². The van der Waals surface area contributed by atoms with Gasteiger partial charge in [-0.05, 0) is 62.4 Å². The van der Waals surface area contributed by atoms with Crippen molar-refractivity contribution in [3.63, 3.8) is 0 Å². The van der Waals surface area contributed by atoms with Gasteiger partial charge in [-0.15, -0.1) is 0 Å². The van der Waals surface area contributed by atoms with E-state index < -0.39 is 0 Å². The average molecular weight is 289 g/mol. The number of methoxy groups -OCH3 is 2. The molecule has 0 radical (unpaired) electrons. The number of benzene rings is 1. The Morgan fingerprint density at radius 3 is 2.33 bits per heavy atom. The third-order valence-electron chi connectivity index (χ3n) is 5.17. The lowest BCUT2D eigenvalue weighted by Gasteiger charge is -2.39. The second-order valence-electron chi connectivity index (χ2n) is 6.32. The normalized spacial score (nSPS) is 26.8. The Kier molecular flexibility index (Phi) is 4.69. The van der Waals surface area contributed by atoms with E-state index in [0.29, 0.717) is 5.92 Å². The third kappa shape index (κ3) is 3.03. The van der Waals surface area contributed by atoms with Crippen LogP contribution >= 0.6 is 0 Å². The lowest BCUT2D eigenvalue weighted by Crippen LogP contribution is -2.42. The Balaban J connectivity index is 1.89. The Morgan fingerprint density at radius 1 is 0.905 bits per heavy atom. The Hall–Kier alpha value is -1.22. The SMILES string of the molecule is COc1ccc([C@@H]2CCCCN3CCCCC23)cc1OC. The molecule has 1 aromatic rings. The quantitative estimate of drug-likeness (QED) is 0.844. The van der Waals surface area contributed by atoms with Crippen LogP contribution in [0.15, 0.2) is 18.2 Å². The molecule has 116 valence electrons. The van der Waals surface area contributed by atoms with Crippen LogP contribution < -0.4 is 9.47 Å². The molecule has 3 rings (SSSR count). The van der Waals surface area contributed by atoms with Gasteiger partial charge in [0.1, 0.15) is 0 Å². The van der Waals surface area contributed by atoms with Crippen LogP contribution in [-0.2, 0) is 0 Å². The van der Waals surface area contributed by atoms with Crippen LogP contribution in [0.2, 0.25) is 0 Å². The molecule has 0 saturated carbocycles. The van der Waals surface area contributed by atoms with Crippen LogP contribution in [0.1, 0.15) is 50.0 Å². The zero-order valence-electron chi connectivity index (χ0n) is 13.3. The maximum absolute atomic E-state index is 5.50. The van der Waals surface area contributed by atoms with Crippen LogP contribution in [0.3, 0.4) is 0 Å². The fourth-order valence-electron chi connectivity index (χ4n) is 4.09. The van der Waals surface area contributed by atoms with Crippen molar-refractivity contribution in [2.45, 2.75) is 50.5 Å². The number of hydrogen-bond donors (Lipinski definition) is 0. The van der Waals surface area contributed by atoms with E-state index in [1.54, 1.807) is 14.2 Å². The van der Waals surface area contributed by atoms with E-state index in [1.807, 2.05) is 0 Å². The van der Waals surface area contributed by atoms with Crippen LogP contribution in [-0.4, -0.2) is 38.3 Å². The van der Waals surface area contributed by atoms with Gasteiger partial charge in [-0.25, -0.2) is 0 Å². The maximum Gasteiger partial charge on any atom is 0.160 e. The molecule has 3 heteroatoms. The Morgan fingerprint density at radius 2 is 1.62 bits per heavy atom. The van der Waals surface area contributed by atoms with Gasteiger partial charge in [-0.3, -0.25) is 4.90 Å². The molecule has 3 nitrogen and oxygen atoms in total. The fraction of sp³-hybridized carbons (Fsp3) is 0.667. The highest BCUT2D eigenvalue weighted by molar-refractivity contribution is 5.44. The summed E-state index contributed by atoms with van der Waals surface area (Å²) in [6.07, 6.45) is 8.09. The lowest BCUT2D eigenvalue weighted by atomic mass is 9.83. The molecule has 0 N–H and O–H groups in total. The minimum atomic E-state index is 0.646. The van der Waals surface area contributed by atoms with Gasteiger partial charge >= 0.3 is 0 Å². The van der Waals surface area contributed by atoms with Crippen molar-refractivity contribution in [1.82, 2.24) is 4.90 Å². The highest BCUT2D eigenvalue weighted by atomic mass is 16.5. The number of fused-ring (bicyclic) bond motifs is 1. The van der Waals surface area contributed by atoms with E-state index in [-0.39, 0.29) is 0 Å². The maximum atomic E-state index is 5.50. The van der Waals surface area contributed by atoms with Crippen LogP contribution in [0, 0.1) is 0 Å². The van der Waals surface area contributed by atoms with Crippen LogP contribution in [0.4, 0.5) is 0 Å². The van der Waals surface area contributed by atoms with E-state index in [2.05, 4.69) is 23.1 Å². The number of rotatable bonds is 3. The smallest absolute Gasteiger partial charge is 0.160 e. The summed E-state index contributed by atoms with van der Waals surface area (Å²) in [4.78, 5) is 2.73. The molecular weight excluding hydrogens is 262 g/mol. The molecule has 1 unspecified atom stereocenters. The van der Waals surface area contributed by atoms with Gasteiger partial charge in [0.05, 0.1) is 14.2 Å². The lowest BCUT2D eigenvalue weighted by molar-refractivity contribution is 0.136. The van der Waals surface area contributed by atoms with E-state index in [1.165, 1.54) is 57.2 Å². The zero-order chi connectivity index (χ0) is 14.7. The second-order valence-corrected chi connectivity index (χ2v) is 6.32. The summed E-state index contributed by atoms with van der Waals surface area (Å²) in [6, 6.07) is 7.22. The second kappa shape index (κ2) is 6.69. The predicted octanol–water partition coefficient (Wildman–Crippen LogP) is 3.83. The van der Waals surface area contributed by atoms with Crippen molar-refractivity contribution in [1.29, 1.82) is 0 Å². The van der Waals surface area contributed by atoms with Gasteiger partial charge < -0.3 is 9.47 Å². The van der Waals surface area contributed by atoms with Crippen LogP contribution in [0.5, 0.6) is 11.5 Å². The standard InChI is InChI=1S/C18H27NO2/c1-20-17-10-9-14(13-18(17)21-2)15-7-3-5-11-19-12-6-4-8-16(15)19/h9-10,13,15-16H,3-8,11-12H2,1-2H3/t15-,16?/m0/s1. The van der Waals surface area contributed by atoms with Gasteiger partial charge in [0.15, 0.2) is 11.5 Å². The van der Waals surface area contributed by atoms with Crippen molar-refractivity contribution in [3.8, 4) is 11.5 Å². The predicted molar refractivity (Wildman–Crippen MR) is 85.4 cm³/mol. The molecule has 2 atom stereocenters. The molecule has 0 bridgehead atoms. The molecule has 1 aromatic carbocycles. The molecule has 0 aromatic heterocycles. The first-order chi connectivity index (χ1) is 10.3. The first-order valence-electron chi connectivity index (χ1n) is 8.29. The monoisotopic (exact) mass is 289 g/mol. The number of nitrogens with zero attached hydrogens (tertiary/aromatic N) is 1. The molecule has 2 aliphatic heterocycles. The van der Waals surface area contributed by atoms with Gasteiger partial charge in [0.25, 0.3) is 0 Å². The third-order valence-corrected chi connectivity index (χ3v) is 5.17. The van der Waals surface area contributed by atoms with E-state index >= 15 is 0 Å². The summed E-state index contributed by atoms with van der Waals surface area (Å²) in [5.74, 6) is 2.34. The van der Waals surface area contributed by atoms with E-state index in [9.17, 15) is 0 Å². The first-order valence-corrected chi connectivity index (χ1v) is 8.29. The molecule has 2 aliphatic rings. The topological polar surface area (TPSA) is 21.7 Å². The van der Waals surface area contributed by atoms with Gasteiger partial charge in [0, 0.05) is 6.04 Å². The van der Waals surface area contributed by atoms with E-state index in [4.69, 9.17) is 9.47 Å². The minimum Gasteiger partial charge on any atom is -0.493 e. The zero-order valence-corrected chi connectivity index (χ0v) is 13.3. The number of ether oxygens (including phenoxy) is 2. The summed E-state index contributed by atoms with van der Waals surface area (Å²) in [6.45, 7) is 2.57.